The molecule has 6 unspecified atom stereocenters. The summed E-state index contributed by atoms with van der Waals surface area (Å²) >= 11 is 0. The van der Waals surface area contributed by atoms with Gasteiger partial charge in [0.25, 0.3) is 0 Å². The van der Waals surface area contributed by atoms with Crippen LogP contribution in [0.4, 0.5) is 0 Å². The number of carbonyl (C=O) groups excluding carboxylic acids is 4. The van der Waals surface area contributed by atoms with Crippen molar-refractivity contribution in [3.05, 3.63) is 0 Å². The van der Waals surface area contributed by atoms with E-state index in [9.17, 15) is 34.2 Å². The van der Waals surface area contributed by atoms with Crippen LogP contribution in [-0.4, -0.2) is 70.1 Å². The van der Waals surface area contributed by atoms with Crippen LogP contribution in [0, 0.1) is 11.8 Å². The van der Waals surface area contributed by atoms with E-state index in [4.69, 9.17) is 11.5 Å². The Balaban J connectivity index is 5.48. The zero-order chi connectivity index (χ0) is 25.2. The standard InChI is InChI=1S/C20H37N5O7/c1-6-10(4)15(22)18(29)23-12(8-14(21)27)17(28)25-16(11(5)26)19(30)24-13(20(31)32)7-9(2)3/h9-13,15-16,26H,6-8,22H2,1-5H3,(H2,21,27)(H,23,29)(H,24,30)(H,25,28)(H,31,32). The lowest BCUT2D eigenvalue weighted by molar-refractivity contribution is -0.143. The highest BCUT2D eigenvalue weighted by molar-refractivity contribution is 5.96. The van der Waals surface area contributed by atoms with E-state index in [1.54, 1.807) is 20.8 Å². The smallest absolute Gasteiger partial charge is 0.326 e. The SMILES string of the molecule is CCC(C)C(N)C(=O)NC(CC(N)=O)C(=O)NC(C(=O)NC(CC(C)C)C(=O)O)C(C)O. The van der Waals surface area contributed by atoms with Crippen LogP contribution in [0.1, 0.15) is 53.9 Å². The summed E-state index contributed by atoms with van der Waals surface area (Å²) in [7, 11) is 0. The number of hydrogen-bond acceptors (Lipinski definition) is 7. The first-order valence-corrected chi connectivity index (χ1v) is 10.6. The molecule has 0 aliphatic carbocycles. The largest absolute Gasteiger partial charge is 0.480 e. The molecule has 0 aliphatic heterocycles. The monoisotopic (exact) mass is 459 g/mol. The number of carbonyl (C=O) groups is 5. The zero-order valence-electron chi connectivity index (χ0n) is 19.3. The first kappa shape index (κ1) is 29.3. The Bertz CT molecular complexity index is 683. The normalized spacial score (nSPS) is 16.8. The molecule has 184 valence electrons. The van der Waals surface area contributed by atoms with Gasteiger partial charge in [0, 0.05) is 0 Å². The average molecular weight is 460 g/mol. The maximum Gasteiger partial charge on any atom is 0.326 e. The fourth-order valence-corrected chi connectivity index (χ4v) is 2.80. The van der Waals surface area contributed by atoms with Gasteiger partial charge in [-0.2, -0.15) is 0 Å². The maximum absolute atomic E-state index is 12.7. The topological polar surface area (TPSA) is 214 Å². The molecule has 0 aromatic heterocycles. The summed E-state index contributed by atoms with van der Waals surface area (Å²) in [5.74, 6) is -4.95. The number of aliphatic carboxylic acids is 1. The number of amides is 4. The molecule has 0 rings (SSSR count). The van der Waals surface area contributed by atoms with Gasteiger partial charge in [-0.1, -0.05) is 34.1 Å². The van der Waals surface area contributed by atoms with Crippen molar-refractivity contribution in [3.63, 3.8) is 0 Å². The van der Waals surface area contributed by atoms with Gasteiger partial charge >= 0.3 is 5.97 Å². The van der Waals surface area contributed by atoms with Crippen molar-refractivity contribution < 1.29 is 34.2 Å². The van der Waals surface area contributed by atoms with Crippen LogP contribution in [0.2, 0.25) is 0 Å². The molecule has 9 N–H and O–H groups in total. The van der Waals surface area contributed by atoms with Crippen LogP contribution in [0.15, 0.2) is 0 Å². The molecule has 6 atom stereocenters. The minimum Gasteiger partial charge on any atom is -0.480 e. The lowest BCUT2D eigenvalue weighted by Crippen LogP contribution is -2.60. The molecule has 32 heavy (non-hydrogen) atoms. The number of nitrogens with two attached hydrogens (primary N) is 2. The second-order valence-corrected chi connectivity index (χ2v) is 8.40. The zero-order valence-corrected chi connectivity index (χ0v) is 19.3. The van der Waals surface area contributed by atoms with Gasteiger partial charge in [0.2, 0.25) is 23.6 Å². The molecule has 0 spiro atoms. The lowest BCUT2D eigenvalue weighted by atomic mass is 9.98. The summed E-state index contributed by atoms with van der Waals surface area (Å²) < 4.78 is 0. The second-order valence-electron chi connectivity index (χ2n) is 8.40. The predicted octanol–water partition coefficient (Wildman–Crippen LogP) is -1.80. The van der Waals surface area contributed by atoms with Gasteiger partial charge in [0.1, 0.15) is 18.1 Å². The van der Waals surface area contributed by atoms with Crippen LogP contribution in [0.5, 0.6) is 0 Å². The molecule has 0 heterocycles. The maximum atomic E-state index is 12.7. The summed E-state index contributed by atoms with van der Waals surface area (Å²) in [6, 6.07) is -5.14. The minimum absolute atomic E-state index is 0.0409. The number of primary amides is 1. The molecule has 12 nitrogen and oxygen atoms in total. The van der Waals surface area contributed by atoms with E-state index in [0.29, 0.717) is 6.42 Å². The van der Waals surface area contributed by atoms with E-state index in [0.717, 1.165) is 0 Å². The number of rotatable bonds is 14. The summed E-state index contributed by atoms with van der Waals surface area (Å²) in [5, 5.41) is 26.2. The Morgan fingerprint density at radius 1 is 0.875 bits per heavy atom. The number of carboxylic acids is 1. The molecule has 4 amide bonds. The molecule has 0 aromatic carbocycles. The van der Waals surface area contributed by atoms with Crippen LogP contribution in [0.3, 0.4) is 0 Å². The number of carboxylic acid groups (broad SMARTS) is 1. The van der Waals surface area contributed by atoms with E-state index < -0.39 is 66.3 Å². The average Bonchev–Trinajstić information content (AvgIpc) is 2.68. The molecular weight excluding hydrogens is 422 g/mol. The van der Waals surface area contributed by atoms with E-state index in [1.807, 2.05) is 6.92 Å². The molecule has 0 saturated carbocycles. The Hall–Kier alpha value is -2.73. The van der Waals surface area contributed by atoms with Crippen molar-refractivity contribution in [2.45, 2.75) is 84.2 Å². The fraction of sp³-hybridized carbons (Fsp3) is 0.750. The molecule has 0 aromatic rings. The van der Waals surface area contributed by atoms with Crippen LogP contribution >= 0.6 is 0 Å². The fourth-order valence-electron chi connectivity index (χ4n) is 2.80. The van der Waals surface area contributed by atoms with Gasteiger partial charge in [-0.3, -0.25) is 19.2 Å². The molecule has 0 bridgehead atoms. The first-order chi connectivity index (χ1) is 14.7. The summed E-state index contributed by atoms with van der Waals surface area (Å²) in [6.07, 6.45) is -1.23. The molecule has 0 aliphatic rings. The van der Waals surface area contributed by atoms with Gasteiger partial charge in [-0.25, -0.2) is 4.79 Å². The van der Waals surface area contributed by atoms with Crippen molar-refractivity contribution in [3.8, 4) is 0 Å². The predicted molar refractivity (Wildman–Crippen MR) is 116 cm³/mol. The third-order valence-electron chi connectivity index (χ3n) is 4.98. The van der Waals surface area contributed by atoms with Gasteiger partial charge in [0.05, 0.1) is 18.6 Å². The number of aliphatic hydroxyl groups is 1. The molecule has 0 radical (unpaired) electrons. The van der Waals surface area contributed by atoms with Crippen molar-refractivity contribution in [1.29, 1.82) is 0 Å². The van der Waals surface area contributed by atoms with Crippen LogP contribution < -0.4 is 27.4 Å². The van der Waals surface area contributed by atoms with Gasteiger partial charge in [-0.05, 0) is 25.2 Å². The van der Waals surface area contributed by atoms with Crippen molar-refractivity contribution in [2.75, 3.05) is 0 Å². The van der Waals surface area contributed by atoms with E-state index in [1.165, 1.54) is 6.92 Å². The Kier molecular flexibility index (Phi) is 12.5. The van der Waals surface area contributed by atoms with Gasteiger partial charge in [0.15, 0.2) is 0 Å². The van der Waals surface area contributed by atoms with E-state index in [-0.39, 0.29) is 18.3 Å². The highest BCUT2D eigenvalue weighted by atomic mass is 16.4. The third-order valence-corrected chi connectivity index (χ3v) is 4.98. The van der Waals surface area contributed by atoms with E-state index >= 15 is 0 Å². The van der Waals surface area contributed by atoms with Crippen molar-refractivity contribution in [2.24, 2.45) is 23.3 Å². The molecule has 0 saturated heterocycles. The number of hydrogen-bond donors (Lipinski definition) is 7. The Labute approximate surface area is 187 Å². The van der Waals surface area contributed by atoms with E-state index in [2.05, 4.69) is 16.0 Å². The highest BCUT2D eigenvalue weighted by Crippen LogP contribution is 2.08. The van der Waals surface area contributed by atoms with Gasteiger partial charge in [-0.15, -0.1) is 0 Å². The first-order valence-electron chi connectivity index (χ1n) is 10.6. The van der Waals surface area contributed by atoms with Crippen molar-refractivity contribution in [1.82, 2.24) is 16.0 Å². The number of nitrogens with one attached hydrogen (secondary N) is 3. The minimum atomic E-state index is -1.54. The third kappa shape index (κ3) is 10.1. The second kappa shape index (κ2) is 13.6. The van der Waals surface area contributed by atoms with Gasteiger partial charge < -0.3 is 37.6 Å². The number of aliphatic hydroxyl groups excluding tert-OH is 1. The summed E-state index contributed by atoms with van der Waals surface area (Å²) in [5.41, 5.74) is 11.0. The Morgan fingerprint density at radius 2 is 1.41 bits per heavy atom. The Morgan fingerprint density at radius 3 is 1.81 bits per heavy atom. The van der Waals surface area contributed by atoms with Crippen LogP contribution in [-0.2, 0) is 24.0 Å². The molecule has 12 heteroatoms. The summed E-state index contributed by atoms with van der Waals surface area (Å²) in [4.78, 5) is 60.4. The van der Waals surface area contributed by atoms with Crippen LogP contribution in [0.25, 0.3) is 0 Å². The van der Waals surface area contributed by atoms with Crippen molar-refractivity contribution >= 4 is 29.6 Å². The molecule has 0 fully saturated rings. The lowest BCUT2D eigenvalue weighted by Gasteiger charge is -2.27. The molecular formula is C20H37N5O7. The highest BCUT2D eigenvalue weighted by Gasteiger charge is 2.33. The quantitative estimate of drug-likeness (QED) is 0.157. The summed E-state index contributed by atoms with van der Waals surface area (Å²) in [6.45, 7) is 8.36.